The number of nitrogens with zero attached hydrogens (tertiary/aromatic N) is 1. The maximum Gasteiger partial charge on any atom is 0.0404 e. The second-order valence-corrected chi connectivity index (χ2v) is 5.40. The monoisotopic (exact) mass is 284 g/mol. The van der Waals surface area contributed by atoms with Crippen LogP contribution in [0.5, 0.6) is 0 Å². The van der Waals surface area contributed by atoms with Gasteiger partial charge in [-0.3, -0.25) is 0 Å². The minimum Gasteiger partial charge on any atom is -0.374 e. The van der Waals surface area contributed by atoms with Crippen molar-refractivity contribution >= 4 is 21.6 Å². The van der Waals surface area contributed by atoms with E-state index >= 15 is 0 Å². The zero-order chi connectivity index (χ0) is 12.1. The lowest BCUT2D eigenvalue weighted by Crippen LogP contribution is -2.23. The highest BCUT2D eigenvalue weighted by Gasteiger charge is 2.07. The Bertz CT molecular complexity index is 339. The lowest BCUT2D eigenvalue weighted by molar-refractivity contribution is 0.545. The van der Waals surface area contributed by atoms with Gasteiger partial charge in [-0.1, -0.05) is 28.9 Å². The van der Waals surface area contributed by atoms with Crippen molar-refractivity contribution in [3.8, 4) is 0 Å². The van der Waals surface area contributed by atoms with E-state index in [1.54, 1.807) is 0 Å². The molecule has 0 radical (unpaired) electrons. The summed E-state index contributed by atoms with van der Waals surface area (Å²) in [5, 5.41) is 0. The number of benzene rings is 1. The first-order valence-electron chi connectivity index (χ1n) is 5.72. The van der Waals surface area contributed by atoms with Gasteiger partial charge in [0.15, 0.2) is 0 Å². The zero-order valence-electron chi connectivity index (χ0n) is 10.3. The van der Waals surface area contributed by atoms with Crippen molar-refractivity contribution in [3.05, 3.63) is 28.2 Å². The summed E-state index contributed by atoms with van der Waals surface area (Å²) in [7, 11) is 2.14. The van der Waals surface area contributed by atoms with E-state index in [0.29, 0.717) is 5.92 Å². The van der Waals surface area contributed by atoms with Gasteiger partial charge in [0.05, 0.1) is 0 Å². The Morgan fingerprint density at radius 1 is 1.44 bits per heavy atom. The van der Waals surface area contributed by atoms with Crippen LogP contribution in [0.25, 0.3) is 0 Å². The van der Waals surface area contributed by atoms with Crippen LogP contribution in [0.3, 0.4) is 0 Å². The lowest BCUT2D eigenvalue weighted by atomic mass is 10.1. The van der Waals surface area contributed by atoms with E-state index in [2.05, 4.69) is 59.9 Å². The standard InChI is InChI=1S/C13H21BrN2/c1-10(9-15)6-7-16(3)13-8-12(14)5-4-11(13)2/h4-5,8,10H,6-7,9,15H2,1-3H3. The third kappa shape index (κ3) is 3.80. The summed E-state index contributed by atoms with van der Waals surface area (Å²) >= 11 is 3.51. The Hall–Kier alpha value is -0.540. The molecule has 0 amide bonds. The van der Waals surface area contributed by atoms with Gasteiger partial charge in [-0.15, -0.1) is 0 Å². The molecule has 0 aliphatic heterocycles. The van der Waals surface area contributed by atoms with E-state index in [-0.39, 0.29) is 0 Å². The lowest BCUT2D eigenvalue weighted by Gasteiger charge is -2.23. The fourth-order valence-corrected chi connectivity index (χ4v) is 2.00. The summed E-state index contributed by atoms with van der Waals surface area (Å²) in [6.07, 6.45) is 1.14. The van der Waals surface area contributed by atoms with E-state index in [1.165, 1.54) is 11.3 Å². The summed E-state index contributed by atoms with van der Waals surface area (Å²) in [5.41, 5.74) is 8.23. The third-order valence-electron chi connectivity index (χ3n) is 2.94. The first-order chi connectivity index (χ1) is 7.54. The van der Waals surface area contributed by atoms with E-state index in [0.717, 1.165) is 24.0 Å². The second kappa shape index (κ2) is 6.26. The molecular weight excluding hydrogens is 264 g/mol. The van der Waals surface area contributed by atoms with Crippen LogP contribution in [0.4, 0.5) is 5.69 Å². The van der Waals surface area contributed by atoms with Crippen LogP contribution < -0.4 is 10.6 Å². The van der Waals surface area contributed by atoms with Crippen LogP contribution in [-0.2, 0) is 0 Å². The number of halogens is 1. The highest BCUT2D eigenvalue weighted by molar-refractivity contribution is 9.10. The molecule has 0 fully saturated rings. The van der Waals surface area contributed by atoms with Gasteiger partial charge >= 0.3 is 0 Å². The van der Waals surface area contributed by atoms with Gasteiger partial charge in [-0.05, 0) is 43.5 Å². The first-order valence-corrected chi connectivity index (χ1v) is 6.51. The molecule has 0 saturated carbocycles. The van der Waals surface area contributed by atoms with Gasteiger partial charge in [-0.25, -0.2) is 0 Å². The van der Waals surface area contributed by atoms with Gasteiger partial charge in [0.2, 0.25) is 0 Å². The summed E-state index contributed by atoms with van der Waals surface area (Å²) in [5.74, 6) is 0.593. The molecule has 1 aromatic carbocycles. The number of hydrogen-bond acceptors (Lipinski definition) is 2. The molecule has 3 heteroatoms. The van der Waals surface area contributed by atoms with Gasteiger partial charge in [0.25, 0.3) is 0 Å². The topological polar surface area (TPSA) is 29.3 Å². The van der Waals surface area contributed by atoms with E-state index in [9.17, 15) is 0 Å². The molecule has 1 atom stereocenters. The van der Waals surface area contributed by atoms with Gasteiger partial charge in [0.1, 0.15) is 0 Å². The number of hydrogen-bond donors (Lipinski definition) is 1. The van der Waals surface area contributed by atoms with Crippen LogP contribution in [0.15, 0.2) is 22.7 Å². The Labute approximate surface area is 107 Å². The maximum atomic E-state index is 5.62. The summed E-state index contributed by atoms with van der Waals surface area (Å²) in [6.45, 7) is 6.16. The fraction of sp³-hybridized carbons (Fsp3) is 0.538. The molecule has 90 valence electrons. The van der Waals surface area contributed by atoms with Crippen LogP contribution in [-0.4, -0.2) is 20.1 Å². The Morgan fingerprint density at radius 2 is 2.12 bits per heavy atom. The summed E-state index contributed by atoms with van der Waals surface area (Å²) in [4.78, 5) is 2.30. The molecule has 0 spiro atoms. The minimum absolute atomic E-state index is 0.593. The normalized spacial score (nSPS) is 12.6. The van der Waals surface area contributed by atoms with Gasteiger partial charge in [0, 0.05) is 23.8 Å². The number of nitrogens with two attached hydrogens (primary N) is 1. The Morgan fingerprint density at radius 3 is 2.75 bits per heavy atom. The first kappa shape index (κ1) is 13.5. The average molecular weight is 285 g/mol. The highest BCUT2D eigenvalue weighted by atomic mass is 79.9. The highest BCUT2D eigenvalue weighted by Crippen LogP contribution is 2.24. The van der Waals surface area contributed by atoms with Crippen molar-refractivity contribution in [1.29, 1.82) is 0 Å². The van der Waals surface area contributed by atoms with Gasteiger partial charge in [-0.2, -0.15) is 0 Å². The number of aryl methyl sites for hydroxylation is 1. The molecule has 0 aliphatic rings. The molecule has 2 N–H and O–H groups in total. The molecule has 0 bridgehead atoms. The van der Waals surface area contributed by atoms with Crippen molar-refractivity contribution < 1.29 is 0 Å². The van der Waals surface area contributed by atoms with Crippen LogP contribution in [0.2, 0.25) is 0 Å². The largest absolute Gasteiger partial charge is 0.374 e. The molecule has 1 rings (SSSR count). The second-order valence-electron chi connectivity index (χ2n) is 4.48. The van der Waals surface area contributed by atoms with Crippen molar-refractivity contribution in [2.24, 2.45) is 11.7 Å². The molecule has 0 aliphatic carbocycles. The number of rotatable bonds is 5. The van der Waals surface area contributed by atoms with E-state index < -0.39 is 0 Å². The predicted molar refractivity (Wildman–Crippen MR) is 75.0 cm³/mol. The fourth-order valence-electron chi connectivity index (χ4n) is 1.65. The molecule has 0 heterocycles. The Kier molecular flexibility index (Phi) is 5.29. The van der Waals surface area contributed by atoms with Crippen LogP contribution in [0, 0.1) is 12.8 Å². The molecule has 1 unspecified atom stereocenters. The van der Waals surface area contributed by atoms with E-state index in [4.69, 9.17) is 5.73 Å². The van der Waals surface area contributed by atoms with E-state index in [1.807, 2.05) is 0 Å². The maximum absolute atomic E-state index is 5.62. The SMILES string of the molecule is Cc1ccc(Br)cc1N(C)CCC(C)CN. The van der Waals surface area contributed by atoms with Gasteiger partial charge < -0.3 is 10.6 Å². The zero-order valence-corrected chi connectivity index (χ0v) is 11.9. The molecular formula is C13H21BrN2. The number of anilines is 1. The van der Waals surface area contributed by atoms with Crippen molar-refractivity contribution in [2.75, 3.05) is 25.0 Å². The quantitative estimate of drug-likeness (QED) is 0.900. The average Bonchev–Trinajstić information content (AvgIpc) is 2.28. The predicted octanol–water partition coefficient (Wildman–Crippen LogP) is 3.18. The molecule has 0 aromatic heterocycles. The van der Waals surface area contributed by atoms with Crippen LogP contribution in [0.1, 0.15) is 18.9 Å². The van der Waals surface area contributed by atoms with Crippen molar-refractivity contribution in [3.63, 3.8) is 0 Å². The van der Waals surface area contributed by atoms with Crippen molar-refractivity contribution in [2.45, 2.75) is 20.3 Å². The molecule has 1 aromatic rings. The Balaban J connectivity index is 2.65. The molecule has 0 saturated heterocycles. The summed E-state index contributed by atoms with van der Waals surface area (Å²) < 4.78 is 1.13. The minimum atomic E-state index is 0.593. The smallest absolute Gasteiger partial charge is 0.0404 e. The molecule has 16 heavy (non-hydrogen) atoms. The summed E-state index contributed by atoms with van der Waals surface area (Å²) in [6, 6.07) is 6.39. The van der Waals surface area contributed by atoms with Crippen LogP contribution >= 0.6 is 15.9 Å². The van der Waals surface area contributed by atoms with Crippen molar-refractivity contribution in [1.82, 2.24) is 0 Å². The molecule has 2 nitrogen and oxygen atoms in total. The third-order valence-corrected chi connectivity index (χ3v) is 3.44.